The van der Waals surface area contributed by atoms with Gasteiger partial charge in [0, 0.05) is 32.0 Å². The molecule has 4 rings (SSSR count). The second-order valence-corrected chi connectivity index (χ2v) is 6.98. The SMILES string of the molecule is O=C(C1CCC2(CC2)CN1)N1CC=C(c2cccnc2)CC1. The smallest absolute Gasteiger partial charge is 0.239 e. The van der Waals surface area contributed by atoms with E-state index in [4.69, 9.17) is 0 Å². The summed E-state index contributed by atoms with van der Waals surface area (Å²) in [5.41, 5.74) is 3.05. The molecule has 22 heavy (non-hydrogen) atoms. The molecular weight excluding hydrogens is 274 g/mol. The second kappa shape index (κ2) is 5.51. The Balaban J connectivity index is 1.36. The maximum Gasteiger partial charge on any atom is 0.239 e. The summed E-state index contributed by atoms with van der Waals surface area (Å²) in [5, 5.41) is 3.49. The third kappa shape index (κ3) is 2.68. The maximum absolute atomic E-state index is 12.6. The van der Waals surface area contributed by atoms with Crippen LogP contribution in [-0.4, -0.2) is 41.5 Å². The molecule has 4 heteroatoms. The molecule has 116 valence electrons. The Hall–Kier alpha value is -1.68. The standard InChI is InChI=1S/C18H23N3O/c22-17(16-3-6-18(7-8-18)13-20-16)21-10-4-14(5-11-21)15-2-1-9-19-12-15/h1-2,4,9,12,16,20H,3,5-8,10-11,13H2. The minimum atomic E-state index is 0.0413. The maximum atomic E-state index is 12.6. The molecule has 0 bridgehead atoms. The Morgan fingerprint density at radius 2 is 2.27 bits per heavy atom. The molecule has 1 saturated carbocycles. The van der Waals surface area contributed by atoms with E-state index in [1.807, 2.05) is 17.2 Å². The first kappa shape index (κ1) is 13.9. The van der Waals surface area contributed by atoms with Crippen LogP contribution in [0.15, 0.2) is 30.6 Å². The molecule has 2 aliphatic heterocycles. The topological polar surface area (TPSA) is 45.2 Å². The zero-order chi connectivity index (χ0) is 15.0. The Bertz CT molecular complexity index is 582. The van der Waals surface area contributed by atoms with Gasteiger partial charge in [0.25, 0.3) is 0 Å². The molecule has 1 spiro atoms. The fraction of sp³-hybridized carbons (Fsp3) is 0.556. The highest BCUT2D eigenvalue weighted by atomic mass is 16.2. The number of hydrogen-bond donors (Lipinski definition) is 1. The van der Waals surface area contributed by atoms with Gasteiger partial charge in [-0.1, -0.05) is 12.1 Å². The van der Waals surface area contributed by atoms with Crippen molar-refractivity contribution in [2.75, 3.05) is 19.6 Å². The third-order valence-electron chi connectivity index (χ3n) is 5.50. The second-order valence-electron chi connectivity index (χ2n) is 6.98. The number of carbonyl (C=O) groups is 1. The Morgan fingerprint density at radius 3 is 2.86 bits per heavy atom. The zero-order valence-electron chi connectivity index (χ0n) is 12.9. The number of nitrogens with one attached hydrogen (secondary N) is 1. The molecule has 1 amide bonds. The summed E-state index contributed by atoms with van der Waals surface area (Å²) in [4.78, 5) is 18.8. The number of rotatable bonds is 2. The van der Waals surface area contributed by atoms with Crippen molar-refractivity contribution in [3.05, 3.63) is 36.2 Å². The van der Waals surface area contributed by atoms with Gasteiger partial charge in [-0.15, -0.1) is 0 Å². The number of nitrogens with zero attached hydrogens (tertiary/aromatic N) is 2. The van der Waals surface area contributed by atoms with Gasteiger partial charge in [0.05, 0.1) is 6.04 Å². The van der Waals surface area contributed by atoms with Gasteiger partial charge >= 0.3 is 0 Å². The minimum absolute atomic E-state index is 0.0413. The van der Waals surface area contributed by atoms with Crippen LogP contribution < -0.4 is 5.32 Å². The number of aromatic nitrogens is 1. The van der Waals surface area contributed by atoms with Crippen molar-refractivity contribution in [1.29, 1.82) is 0 Å². The number of hydrogen-bond acceptors (Lipinski definition) is 3. The molecule has 3 heterocycles. The molecule has 1 aromatic heterocycles. The van der Waals surface area contributed by atoms with Crippen LogP contribution in [0.2, 0.25) is 0 Å². The van der Waals surface area contributed by atoms with Crippen molar-refractivity contribution in [2.24, 2.45) is 5.41 Å². The van der Waals surface area contributed by atoms with E-state index in [1.54, 1.807) is 6.20 Å². The average Bonchev–Trinajstić information content (AvgIpc) is 3.35. The van der Waals surface area contributed by atoms with Crippen LogP contribution in [0.5, 0.6) is 0 Å². The zero-order valence-corrected chi connectivity index (χ0v) is 12.9. The van der Waals surface area contributed by atoms with Crippen LogP contribution >= 0.6 is 0 Å². The van der Waals surface area contributed by atoms with Crippen molar-refractivity contribution in [2.45, 2.75) is 38.1 Å². The van der Waals surface area contributed by atoms with Gasteiger partial charge in [-0.05, 0) is 54.7 Å². The number of pyridine rings is 1. The predicted octanol–water partition coefficient (Wildman–Crippen LogP) is 2.23. The Morgan fingerprint density at radius 1 is 1.36 bits per heavy atom. The molecule has 4 nitrogen and oxygen atoms in total. The normalized spacial score (nSPS) is 26.6. The highest BCUT2D eigenvalue weighted by molar-refractivity contribution is 5.83. The molecule has 0 radical (unpaired) electrons. The van der Waals surface area contributed by atoms with Crippen molar-refractivity contribution in [3.63, 3.8) is 0 Å². The number of piperidine rings is 1. The van der Waals surface area contributed by atoms with Gasteiger partial charge in [0.1, 0.15) is 0 Å². The first-order valence-corrected chi connectivity index (χ1v) is 8.37. The number of amides is 1. The van der Waals surface area contributed by atoms with Gasteiger partial charge in [0.15, 0.2) is 0 Å². The van der Waals surface area contributed by atoms with Crippen LogP contribution in [0.25, 0.3) is 5.57 Å². The summed E-state index contributed by atoms with van der Waals surface area (Å²) in [6, 6.07) is 4.10. The van der Waals surface area contributed by atoms with E-state index >= 15 is 0 Å². The third-order valence-corrected chi connectivity index (χ3v) is 5.50. The summed E-state index contributed by atoms with van der Waals surface area (Å²) < 4.78 is 0. The van der Waals surface area contributed by atoms with Gasteiger partial charge < -0.3 is 10.2 Å². The Labute approximate surface area is 131 Å². The van der Waals surface area contributed by atoms with Crippen molar-refractivity contribution < 1.29 is 4.79 Å². The fourth-order valence-electron chi connectivity index (χ4n) is 3.70. The van der Waals surface area contributed by atoms with Crippen LogP contribution in [-0.2, 0) is 4.79 Å². The van der Waals surface area contributed by atoms with Crippen molar-refractivity contribution in [1.82, 2.24) is 15.2 Å². The van der Waals surface area contributed by atoms with Gasteiger partial charge in [-0.2, -0.15) is 0 Å². The van der Waals surface area contributed by atoms with E-state index < -0.39 is 0 Å². The summed E-state index contributed by atoms with van der Waals surface area (Å²) in [6.07, 6.45) is 11.7. The van der Waals surface area contributed by atoms with E-state index in [-0.39, 0.29) is 11.9 Å². The first-order chi connectivity index (χ1) is 10.8. The highest BCUT2D eigenvalue weighted by Gasteiger charge is 2.46. The first-order valence-electron chi connectivity index (χ1n) is 8.37. The summed E-state index contributed by atoms with van der Waals surface area (Å²) in [6.45, 7) is 2.59. The van der Waals surface area contributed by atoms with E-state index in [0.29, 0.717) is 5.41 Å². The molecule has 3 aliphatic rings. The molecule has 2 fully saturated rings. The van der Waals surface area contributed by atoms with Crippen molar-refractivity contribution in [3.8, 4) is 0 Å². The molecule has 1 atom stereocenters. The monoisotopic (exact) mass is 297 g/mol. The summed E-state index contributed by atoms with van der Waals surface area (Å²) in [5.74, 6) is 0.289. The van der Waals surface area contributed by atoms with Crippen molar-refractivity contribution >= 4 is 11.5 Å². The molecule has 1 N–H and O–H groups in total. The van der Waals surface area contributed by atoms with Gasteiger partial charge in [-0.25, -0.2) is 0 Å². The van der Waals surface area contributed by atoms with Crippen LogP contribution in [0.1, 0.15) is 37.7 Å². The van der Waals surface area contributed by atoms with Crippen LogP contribution in [0.3, 0.4) is 0 Å². The minimum Gasteiger partial charge on any atom is -0.337 e. The average molecular weight is 297 g/mol. The molecule has 1 unspecified atom stereocenters. The summed E-state index contributed by atoms with van der Waals surface area (Å²) >= 11 is 0. The predicted molar refractivity (Wildman–Crippen MR) is 86.1 cm³/mol. The van der Waals surface area contributed by atoms with Gasteiger partial charge in [0.2, 0.25) is 5.91 Å². The summed E-state index contributed by atoms with van der Waals surface area (Å²) in [7, 11) is 0. The lowest BCUT2D eigenvalue weighted by atomic mass is 9.91. The molecule has 1 aromatic rings. The number of carbonyl (C=O) groups excluding carboxylic acids is 1. The van der Waals surface area contributed by atoms with E-state index in [2.05, 4.69) is 22.4 Å². The largest absolute Gasteiger partial charge is 0.337 e. The lowest BCUT2D eigenvalue weighted by molar-refractivity contribution is -0.133. The van der Waals surface area contributed by atoms with Crippen LogP contribution in [0.4, 0.5) is 0 Å². The fourth-order valence-corrected chi connectivity index (χ4v) is 3.70. The lowest BCUT2D eigenvalue weighted by Crippen LogP contribution is -2.51. The Kier molecular flexibility index (Phi) is 3.49. The van der Waals surface area contributed by atoms with E-state index in [9.17, 15) is 4.79 Å². The molecular formula is C18H23N3O. The lowest BCUT2D eigenvalue weighted by Gasteiger charge is -2.34. The van der Waals surface area contributed by atoms with E-state index in [0.717, 1.165) is 32.5 Å². The highest BCUT2D eigenvalue weighted by Crippen LogP contribution is 2.51. The molecule has 1 aliphatic carbocycles. The van der Waals surface area contributed by atoms with Gasteiger partial charge in [-0.3, -0.25) is 9.78 Å². The van der Waals surface area contributed by atoms with Crippen LogP contribution in [0, 0.1) is 5.41 Å². The molecule has 0 aromatic carbocycles. The van der Waals surface area contributed by atoms with E-state index in [1.165, 1.54) is 30.4 Å². The quantitative estimate of drug-likeness (QED) is 0.910. The molecule has 1 saturated heterocycles.